The number of nitrogens with two attached hydrogens (primary N) is 1. The molecule has 4 aromatic rings. The molecule has 0 radical (unpaired) electrons. The van der Waals surface area contributed by atoms with Crippen molar-refractivity contribution in [3.05, 3.63) is 90.1 Å². The number of aromatic nitrogens is 4. The Morgan fingerprint density at radius 3 is 2.36 bits per heavy atom. The molecule has 0 saturated heterocycles. The smallest absolute Gasteiger partial charge is 0.248 e. The van der Waals surface area contributed by atoms with Gasteiger partial charge in [0.15, 0.2) is 0 Å². The minimum absolute atomic E-state index is 0. The number of carbonyl (C=O) groups excluding carboxylic acids is 1. The van der Waals surface area contributed by atoms with Gasteiger partial charge in [-0.3, -0.25) is 9.78 Å². The summed E-state index contributed by atoms with van der Waals surface area (Å²) >= 11 is 0. The van der Waals surface area contributed by atoms with Crippen molar-refractivity contribution in [1.82, 2.24) is 19.9 Å². The van der Waals surface area contributed by atoms with Crippen molar-refractivity contribution in [2.45, 2.75) is 13.0 Å². The highest BCUT2D eigenvalue weighted by Crippen LogP contribution is 2.25. The van der Waals surface area contributed by atoms with Crippen LogP contribution in [0.5, 0.6) is 0 Å². The van der Waals surface area contributed by atoms with Crippen LogP contribution in [0.2, 0.25) is 0 Å². The first-order valence-corrected chi connectivity index (χ1v) is 9.82. The molecule has 4 rings (SSSR count). The second kappa shape index (κ2) is 10.5. The van der Waals surface area contributed by atoms with Crippen molar-refractivity contribution < 1.29 is 9.18 Å². The van der Waals surface area contributed by atoms with Crippen molar-refractivity contribution >= 4 is 35.9 Å². The second-order valence-corrected chi connectivity index (χ2v) is 7.04. The quantitative estimate of drug-likeness (QED) is 0.367. The zero-order valence-electron chi connectivity index (χ0n) is 17.6. The van der Waals surface area contributed by atoms with Crippen molar-refractivity contribution in [2.24, 2.45) is 5.73 Å². The number of amides is 1. The number of primary amides is 1. The van der Waals surface area contributed by atoms with Gasteiger partial charge in [0, 0.05) is 29.6 Å². The molecule has 0 bridgehead atoms. The predicted molar refractivity (Wildman–Crippen MR) is 127 cm³/mol. The fourth-order valence-corrected chi connectivity index (χ4v) is 3.05. The molecule has 0 aliphatic rings. The largest absolute Gasteiger partial charge is 0.366 e. The number of hydrogen-bond donors (Lipinski definition) is 3. The predicted octanol–water partition coefficient (Wildman–Crippen LogP) is 4.51. The average Bonchev–Trinajstić information content (AvgIpc) is 2.80. The third-order valence-electron chi connectivity index (χ3n) is 4.73. The van der Waals surface area contributed by atoms with Crippen LogP contribution in [-0.2, 0) is 0 Å². The van der Waals surface area contributed by atoms with Crippen molar-refractivity contribution in [1.29, 1.82) is 0 Å². The third-order valence-corrected chi connectivity index (χ3v) is 4.73. The van der Waals surface area contributed by atoms with Gasteiger partial charge in [0.05, 0.1) is 17.9 Å². The topological polar surface area (TPSA) is 119 Å². The van der Waals surface area contributed by atoms with E-state index in [9.17, 15) is 9.18 Å². The van der Waals surface area contributed by atoms with E-state index in [2.05, 4.69) is 30.6 Å². The molecular formula is C23H21ClFN7O. The molecule has 2 heterocycles. The Balaban J connectivity index is 0.00000306. The Morgan fingerprint density at radius 2 is 1.73 bits per heavy atom. The van der Waals surface area contributed by atoms with Gasteiger partial charge in [-0.25, -0.2) is 14.4 Å². The van der Waals surface area contributed by atoms with Gasteiger partial charge in [-0.2, -0.15) is 4.98 Å². The van der Waals surface area contributed by atoms with Gasteiger partial charge in [-0.05, 0) is 36.8 Å². The number of nitrogens with zero attached hydrogens (tertiary/aromatic N) is 4. The normalized spacial score (nSPS) is 11.2. The third kappa shape index (κ3) is 5.98. The van der Waals surface area contributed by atoms with E-state index in [4.69, 9.17) is 5.73 Å². The zero-order chi connectivity index (χ0) is 22.5. The number of carbonyl (C=O) groups is 1. The summed E-state index contributed by atoms with van der Waals surface area (Å²) in [5.74, 6) is 0.598. The van der Waals surface area contributed by atoms with Crippen LogP contribution in [0.3, 0.4) is 0 Å². The summed E-state index contributed by atoms with van der Waals surface area (Å²) in [5, 5.41) is 6.36. The lowest BCUT2D eigenvalue weighted by atomic mass is 10.1. The molecule has 168 valence electrons. The Hall–Kier alpha value is -4.11. The van der Waals surface area contributed by atoms with Crippen molar-refractivity contribution in [3.8, 4) is 11.3 Å². The maximum Gasteiger partial charge on any atom is 0.248 e. The Bertz CT molecular complexity index is 1220. The summed E-state index contributed by atoms with van der Waals surface area (Å²) in [4.78, 5) is 28.8. The lowest BCUT2D eigenvalue weighted by Crippen LogP contribution is -2.11. The van der Waals surface area contributed by atoms with E-state index in [0.29, 0.717) is 28.8 Å². The molecule has 33 heavy (non-hydrogen) atoms. The van der Waals surface area contributed by atoms with Gasteiger partial charge in [0.1, 0.15) is 17.5 Å². The first-order valence-electron chi connectivity index (χ1n) is 9.82. The second-order valence-electron chi connectivity index (χ2n) is 7.04. The molecule has 8 nitrogen and oxygen atoms in total. The van der Waals surface area contributed by atoms with E-state index >= 15 is 0 Å². The van der Waals surface area contributed by atoms with Gasteiger partial charge in [-0.1, -0.05) is 24.3 Å². The summed E-state index contributed by atoms with van der Waals surface area (Å²) in [5.41, 5.74) is 8.02. The highest BCUT2D eigenvalue weighted by molar-refractivity contribution is 5.93. The monoisotopic (exact) mass is 465 g/mol. The van der Waals surface area contributed by atoms with E-state index in [1.807, 2.05) is 6.92 Å². The SMILES string of the molecule is CC(Nc1nc(Nc2cnccn2)cc(-c2ccc(C(N)=O)cc2)n1)c1ccc(F)cc1.Cl. The first-order chi connectivity index (χ1) is 15.5. The van der Waals surface area contributed by atoms with Gasteiger partial charge < -0.3 is 16.4 Å². The van der Waals surface area contributed by atoms with Gasteiger partial charge in [-0.15, -0.1) is 12.4 Å². The van der Waals surface area contributed by atoms with E-state index in [1.54, 1.807) is 61.1 Å². The number of benzene rings is 2. The molecule has 0 aliphatic heterocycles. The Labute approximate surface area is 195 Å². The summed E-state index contributed by atoms with van der Waals surface area (Å²) in [6.07, 6.45) is 4.73. The Morgan fingerprint density at radius 1 is 1.00 bits per heavy atom. The number of rotatable bonds is 7. The van der Waals surface area contributed by atoms with E-state index < -0.39 is 5.91 Å². The van der Waals surface area contributed by atoms with E-state index in [1.165, 1.54) is 12.1 Å². The average molecular weight is 466 g/mol. The lowest BCUT2D eigenvalue weighted by Gasteiger charge is -2.16. The van der Waals surface area contributed by atoms with Gasteiger partial charge in [0.25, 0.3) is 0 Å². The molecule has 0 aliphatic carbocycles. The van der Waals surface area contributed by atoms with Crippen LogP contribution < -0.4 is 16.4 Å². The maximum atomic E-state index is 13.3. The standard InChI is InChI=1S/C23H20FN7O.ClH/c1-14(15-6-8-18(24)9-7-15)28-23-29-19(16-2-4-17(5-3-16)22(25)32)12-20(31-23)30-21-13-26-10-11-27-21;/h2-14H,1H3,(H2,25,32)(H2,27,28,29,30,31);1H. The Kier molecular flexibility index (Phi) is 7.47. The molecule has 2 aromatic heterocycles. The highest BCUT2D eigenvalue weighted by atomic mass is 35.5. The van der Waals surface area contributed by atoms with E-state index in [-0.39, 0.29) is 24.3 Å². The van der Waals surface area contributed by atoms with Gasteiger partial charge >= 0.3 is 0 Å². The van der Waals surface area contributed by atoms with Crippen LogP contribution in [0.4, 0.5) is 22.0 Å². The molecule has 2 aromatic carbocycles. The maximum absolute atomic E-state index is 13.3. The summed E-state index contributed by atoms with van der Waals surface area (Å²) in [6, 6.07) is 14.6. The minimum atomic E-state index is -0.500. The molecule has 10 heteroatoms. The summed E-state index contributed by atoms with van der Waals surface area (Å²) in [6.45, 7) is 1.93. The highest BCUT2D eigenvalue weighted by Gasteiger charge is 2.12. The number of hydrogen-bond acceptors (Lipinski definition) is 7. The summed E-state index contributed by atoms with van der Waals surface area (Å²) in [7, 11) is 0. The molecule has 1 atom stereocenters. The fourth-order valence-electron chi connectivity index (χ4n) is 3.05. The van der Waals surface area contributed by atoms with E-state index in [0.717, 1.165) is 11.1 Å². The first kappa shape index (κ1) is 23.6. The minimum Gasteiger partial charge on any atom is -0.366 e. The van der Waals surface area contributed by atoms with Gasteiger partial charge in [0.2, 0.25) is 11.9 Å². The zero-order valence-corrected chi connectivity index (χ0v) is 18.4. The molecule has 0 saturated carbocycles. The molecule has 1 amide bonds. The number of anilines is 3. The number of halogens is 2. The lowest BCUT2D eigenvalue weighted by molar-refractivity contribution is 0.100. The summed E-state index contributed by atoms with van der Waals surface area (Å²) < 4.78 is 13.3. The molecule has 0 fully saturated rings. The van der Waals surface area contributed by atoms with Crippen LogP contribution in [0, 0.1) is 5.82 Å². The molecule has 0 spiro atoms. The number of nitrogens with one attached hydrogen (secondary N) is 2. The van der Waals surface area contributed by atoms with Crippen LogP contribution >= 0.6 is 12.4 Å². The van der Waals surface area contributed by atoms with Crippen molar-refractivity contribution in [2.75, 3.05) is 10.6 Å². The van der Waals surface area contributed by atoms with Crippen LogP contribution in [0.15, 0.2) is 73.2 Å². The van der Waals surface area contributed by atoms with Crippen LogP contribution in [0.1, 0.15) is 28.9 Å². The molecule has 1 unspecified atom stereocenters. The van der Waals surface area contributed by atoms with Crippen LogP contribution in [0.25, 0.3) is 11.3 Å². The van der Waals surface area contributed by atoms with Crippen LogP contribution in [-0.4, -0.2) is 25.8 Å². The van der Waals surface area contributed by atoms with Crippen molar-refractivity contribution in [3.63, 3.8) is 0 Å². The molecule has 4 N–H and O–H groups in total. The molecular weight excluding hydrogens is 445 g/mol. The fraction of sp³-hybridized carbons (Fsp3) is 0.0870.